The molecule has 0 amide bonds. The lowest BCUT2D eigenvalue weighted by molar-refractivity contribution is -0.137. The van der Waals surface area contributed by atoms with Gasteiger partial charge in [0.1, 0.15) is 41.1 Å². The van der Waals surface area contributed by atoms with Crippen LogP contribution in [0.3, 0.4) is 0 Å². The van der Waals surface area contributed by atoms with Crippen molar-refractivity contribution in [3.05, 3.63) is 52.7 Å². The second kappa shape index (κ2) is 8.77. The monoisotopic (exact) mass is 446 g/mol. The Bertz CT molecular complexity index is 1160. The lowest BCUT2D eigenvalue weighted by atomic mass is 10.1. The third kappa shape index (κ3) is 3.78. The van der Waals surface area contributed by atoms with Crippen LogP contribution >= 0.6 is 0 Å². The third-order valence-electron chi connectivity index (χ3n) is 5.24. The second-order valence-corrected chi connectivity index (χ2v) is 7.29. The summed E-state index contributed by atoms with van der Waals surface area (Å²) < 4.78 is 22.0. The van der Waals surface area contributed by atoms with Gasteiger partial charge in [-0.15, -0.1) is 0 Å². The van der Waals surface area contributed by atoms with E-state index in [-0.39, 0.29) is 28.2 Å². The summed E-state index contributed by atoms with van der Waals surface area (Å²) in [5, 5.41) is 49.7. The highest BCUT2D eigenvalue weighted by Crippen LogP contribution is 2.43. The Morgan fingerprint density at radius 2 is 1.84 bits per heavy atom. The predicted octanol–water partition coefficient (Wildman–Crippen LogP) is 0.353. The smallest absolute Gasteiger partial charge is 0.229 e. The van der Waals surface area contributed by atoms with Crippen molar-refractivity contribution in [3.8, 4) is 28.6 Å². The Hall–Kier alpha value is -3.15. The van der Waals surface area contributed by atoms with Gasteiger partial charge >= 0.3 is 0 Å². The van der Waals surface area contributed by atoms with Crippen LogP contribution in [0.2, 0.25) is 0 Å². The fourth-order valence-corrected chi connectivity index (χ4v) is 3.61. The van der Waals surface area contributed by atoms with Crippen molar-refractivity contribution in [3.63, 3.8) is 0 Å². The third-order valence-corrected chi connectivity index (χ3v) is 5.24. The fourth-order valence-electron chi connectivity index (χ4n) is 3.61. The van der Waals surface area contributed by atoms with Crippen molar-refractivity contribution in [2.75, 3.05) is 13.7 Å². The maximum atomic E-state index is 12.7. The number of benzene rings is 2. The van der Waals surface area contributed by atoms with Gasteiger partial charge in [0.2, 0.25) is 12.0 Å². The van der Waals surface area contributed by atoms with Crippen LogP contribution in [0.15, 0.2) is 51.7 Å². The van der Waals surface area contributed by atoms with Gasteiger partial charge in [-0.3, -0.25) is 4.79 Å². The van der Waals surface area contributed by atoms with E-state index in [1.807, 2.05) is 6.07 Å². The molecule has 5 N–H and O–H groups in total. The summed E-state index contributed by atoms with van der Waals surface area (Å²) in [6.07, 6.45) is -7.34. The summed E-state index contributed by atoms with van der Waals surface area (Å²) in [4.78, 5) is 12.7. The van der Waals surface area contributed by atoms with E-state index in [9.17, 15) is 25.2 Å². The van der Waals surface area contributed by atoms with Gasteiger partial charge in [-0.2, -0.15) is 0 Å². The van der Waals surface area contributed by atoms with Crippen LogP contribution in [-0.4, -0.2) is 70.0 Å². The first-order chi connectivity index (χ1) is 15.3. The normalized spacial score (nSPS) is 23.9. The van der Waals surface area contributed by atoms with Gasteiger partial charge in [-0.1, -0.05) is 30.3 Å². The zero-order valence-electron chi connectivity index (χ0n) is 16.9. The zero-order valence-corrected chi connectivity index (χ0v) is 16.9. The van der Waals surface area contributed by atoms with Crippen LogP contribution in [0.4, 0.5) is 0 Å². The van der Waals surface area contributed by atoms with Gasteiger partial charge < -0.3 is 44.2 Å². The highest BCUT2D eigenvalue weighted by atomic mass is 16.7. The van der Waals surface area contributed by atoms with E-state index in [0.717, 1.165) is 0 Å². The number of ether oxygens (including phenoxy) is 3. The molecule has 1 aromatic heterocycles. The molecule has 0 aliphatic carbocycles. The van der Waals surface area contributed by atoms with Crippen LogP contribution in [-0.2, 0) is 4.74 Å². The van der Waals surface area contributed by atoms with Gasteiger partial charge in [0.25, 0.3) is 0 Å². The molecular weight excluding hydrogens is 424 g/mol. The first-order valence-electron chi connectivity index (χ1n) is 9.76. The molecule has 0 radical (unpaired) electrons. The Morgan fingerprint density at radius 1 is 1.12 bits per heavy atom. The highest BCUT2D eigenvalue weighted by molar-refractivity contribution is 5.89. The average molecular weight is 446 g/mol. The van der Waals surface area contributed by atoms with Crippen LogP contribution < -0.4 is 14.9 Å². The number of aliphatic hydroxyl groups is 4. The molecule has 1 aliphatic heterocycles. The molecule has 3 aromatic rings. The quantitative estimate of drug-likeness (QED) is 0.358. The minimum atomic E-state index is -1.58. The fraction of sp³-hybridized carbons (Fsp3) is 0.318. The van der Waals surface area contributed by atoms with E-state index in [4.69, 9.17) is 23.7 Å². The molecule has 5 atom stereocenters. The minimum Gasteiger partial charge on any atom is -0.504 e. The summed E-state index contributed by atoms with van der Waals surface area (Å²) in [6.45, 7) is -0.700. The molecule has 0 unspecified atom stereocenters. The molecule has 2 aromatic carbocycles. The van der Waals surface area contributed by atoms with Crippen molar-refractivity contribution in [1.82, 2.24) is 0 Å². The van der Waals surface area contributed by atoms with Crippen LogP contribution in [0.5, 0.6) is 17.2 Å². The molecule has 10 nitrogen and oxygen atoms in total. The molecule has 0 saturated carbocycles. The Labute approximate surface area is 181 Å². The molecular formula is C22H22O10. The van der Waals surface area contributed by atoms with E-state index < -0.39 is 48.5 Å². The van der Waals surface area contributed by atoms with Gasteiger partial charge in [0.15, 0.2) is 16.9 Å². The molecule has 1 saturated heterocycles. The van der Waals surface area contributed by atoms with E-state index in [1.165, 1.54) is 19.2 Å². The number of methoxy groups -OCH3 is 1. The minimum absolute atomic E-state index is 0.00960. The maximum absolute atomic E-state index is 12.7. The molecule has 0 bridgehead atoms. The largest absolute Gasteiger partial charge is 0.504 e. The SMILES string of the molecule is COc1c(O[C@@H]2O[C@H]([C@H](O)CO)[C@H](O)[C@H]2O)cc2oc(-c3ccccc3)cc(=O)c2c1O. The molecule has 10 heteroatoms. The summed E-state index contributed by atoms with van der Waals surface area (Å²) >= 11 is 0. The summed E-state index contributed by atoms with van der Waals surface area (Å²) in [5.74, 6) is -0.624. The van der Waals surface area contributed by atoms with E-state index in [1.54, 1.807) is 24.3 Å². The molecule has 32 heavy (non-hydrogen) atoms. The van der Waals surface area contributed by atoms with Crippen LogP contribution in [0.1, 0.15) is 0 Å². The van der Waals surface area contributed by atoms with Gasteiger partial charge in [-0.05, 0) is 0 Å². The zero-order chi connectivity index (χ0) is 23.0. The Balaban J connectivity index is 1.77. The number of hydrogen-bond donors (Lipinski definition) is 5. The maximum Gasteiger partial charge on any atom is 0.229 e. The second-order valence-electron chi connectivity index (χ2n) is 7.29. The van der Waals surface area contributed by atoms with Gasteiger partial charge in [-0.25, -0.2) is 0 Å². The highest BCUT2D eigenvalue weighted by Gasteiger charge is 2.47. The summed E-state index contributed by atoms with van der Waals surface area (Å²) in [6, 6.07) is 11.4. The van der Waals surface area contributed by atoms with Crippen LogP contribution in [0.25, 0.3) is 22.3 Å². The van der Waals surface area contributed by atoms with E-state index >= 15 is 0 Å². The Morgan fingerprint density at radius 3 is 2.50 bits per heavy atom. The van der Waals surface area contributed by atoms with E-state index in [2.05, 4.69) is 0 Å². The van der Waals surface area contributed by atoms with Gasteiger partial charge in [0, 0.05) is 17.7 Å². The van der Waals surface area contributed by atoms with Crippen molar-refractivity contribution in [2.45, 2.75) is 30.7 Å². The number of aliphatic hydroxyl groups excluding tert-OH is 4. The number of rotatable bonds is 6. The van der Waals surface area contributed by atoms with Crippen molar-refractivity contribution < 1.29 is 44.2 Å². The Kier molecular flexibility index (Phi) is 6.04. The average Bonchev–Trinajstić information content (AvgIpc) is 3.07. The predicted molar refractivity (Wildman–Crippen MR) is 111 cm³/mol. The molecule has 1 aliphatic rings. The lowest BCUT2D eigenvalue weighted by Crippen LogP contribution is -2.40. The molecule has 170 valence electrons. The topological polar surface area (TPSA) is 159 Å². The number of fused-ring (bicyclic) bond motifs is 1. The van der Waals surface area contributed by atoms with Crippen LogP contribution in [0, 0.1) is 0 Å². The lowest BCUT2D eigenvalue weighted by Gasteiger charge is -2.20. The number of hydrogen-bond acceptors (Lipinski definition) is 10. The number of phenols is 1. The summed E-state index contributed by atoms with van der Waals surface area (Å²) in [7, 11) is 1.24. The first kappa shape index (κ1) is 22.1. The molecule has 1 fully saturated rings. The van der Waals surface area contributed by atoms with Crippen molar-refractivity contribution in [2.24, 2.45) is 0 Å². The van der Waals surface area contributed by atoms with Crippen molar-refractivity contribution >= 4 is 11.0 Å². The standard InChI is InChI=1S/C22H22O10/c1-29-21-15(31-22-19(28)18(27)20(32-22)12(25)9-23)8-14-16(17(21)26)11(24)7-13(30-14)10-5-3-2-4-6-10/h2-8,12,18-20,22-23,25-28H,9H2,1H3/t12-,18-,19-,20-,22-/m1/s1. The number of phenolic OH excluding ortho intramolecular Hbond substituents is 1. The molecule has 0 spiro atoms. The summed E-state index contributed by atoms with van der Waals surface area (Å²) in [5.41, 5.74) is 0.124. The van der Waals surface area contributed by atoms with Crippen molar-refractivity contribution in [1.29, 1.82) is 0 Å². The van der Waals surface area contributed by atoms with Gasteiger partial charge in [0.05, 0.1) is 13.7 Å². The molecule has 4 rings (SSSR count). The first-order valence-corrected chi connectivity index (χ1v) is 9.76. The number of aromatic hydroxyl groups is 1. The molecule has 2 heterocycles. The van der Waals surface area contributed by atoms with E-state index in [0.29, 0.717) is 5.56 Å².